The van der Waals surface area contributed by atoms with Crippen molar-refractivity contribution in [1.82, 2.24) is 4.98 Å². The van der Waals surface area contributed by atoms with Gasteiger partial charge in [-0.05, 0) is 18.2 Å². The summed E-state index contributed by atoms with van der Waals surface area (Å²) in [5.41, 5.74) is 5.87. The van der Waals surface area contributed by atoms with Crippen molar-refractivity contribution in [2.45, 2.75) is 0 Å². The second-order valence-corrected chi connectivity index (χ2v) is 3.46. The molecule has 0 aliphatic heterocycles. The van der Waals surface area contributed by atoms with Crippen molar-refractivity contribution in [3.05, 3.63) is 47.7 Å². The summed E-state index contributed by atoms with van der Waals surface area (Å²) < 4.78 is 26.4. The largest absolute Gasteiger partial charge is 0.395 e. The molecule has 0 fully saturated rings. The molecule has 2 rings (SSSR count). The zero-order valence-corrected chi connectivity index (χ0v) is 9.11. The normalized spacial score (nSPS) is 9.83. The number of rotatable bonds is 2. The fourth-order valence-corrected chi connectivity index (χ4v) is 1.40. The first-order chi connectivity index (χ1) is 8.63. The summed E-state index contributed by atoms with van der Waals surface area (Å²) >= 11 is 0. The van der Waals surface area contributed by atoms with Gasteiger partial charge in [-0.1, -0.05) is 6.07 Å². The standard InChI is InChI=1S/C12H8F2N4/c13-8-2-1-3-9(10(8)14)18-12-11(16)7(6-15)4-5-17-12/h1-5H,16H2,(H,17,18). The maximum absolute atomic E-state index is 13.4. The highest BCUT2D eigenvalue weighted by molar-refractivity contribution is 5.73. The second kappa shape index (κ2) is 4.67. The minimum atomic E-state index is -1.03. The smallest absolute Gasteiger partial charge is 0.182 e. The van der Waals surface area contributed by atoms with Gasteiger partial charge in [0.2, 0.25) is 0 Å². The number of aromatic nitrogens is 1. The van der Waals surface area contributed by atoms with Gasteiger partial charge < -0.3 is 11.1 Å². The first-order valence-corrected chi connectivity index (χ1v) is 4.99. The maximum atomic E-state index is 13.4. The topological polar surface area (TPSA) is 74.7 Å². The molecule has 1 aromatic heterocycles. The molecule has 18 heavy (non-hydrogen) atoms. The Balaban J connectivity index is 2.41. The van der Waals surface area contributed by atoms with Gasteiger partial charge in [-0.3, -0.25) is 0 Å². The number of hydrogen-bond donors (Lipinski definition) is 2. The quantitative estimate of drug-likeness (QED) is 0.853. The monoisotopic (exact) mass is 246 g/mol. The first-order valence-electron chi connectivity index (χ1n) is 4.99. The third kappa shape index (κ3) is 2.06. The van der Waals surface area contributed by atoms with Crippen molar-refractivity contribution in [3.8, 4) is 6.07 Å². The Morgan fingerprint density at radius 2 is 2.06 bits per heavy atom. The predicted octanol–water partition coefficient (Wildman–Crippen LogP) is 2.56. The first kappa shape index (κ1) is 11.8. The molecule has 3 N–H and O–H groups in total. The Morgan fingerprint density at radius 3 is 2.78 bits per heavy atom. The van der Waals surface area contributed by atoms with Crippen molar-refractivity contribution >= 4 is 17.2 Å². The van der Waals surface area contributed by atoms with E-state index in [4.69, 9.17) is 11.0 Å². The molecular formula is C12H8F2N4. The van der Waals surface area contributed by atoms with E-state index in [1.54, 1.807) is 0 Å². The Labute approximate surface area is 102 Å². The maximum Gasteiger partial charge on any atom is 0.182 e. The molecule has 0 aliphatic carbocycles. The second-order valence-electron chi connectivity index (χ2n) is 3.46. The van der Waals surface area contributed by atoms with E-state index in [1.807, 2.05) is 6.07 Å². The van der Waals surface area contributed by atoms with Crippen LogP contribution in [0.4, 0.5) is 26.0 Å². The number of nitrogen functional groups attached to an aromatic ring is 1. The van der Waals surface area contributed by atoms with Gasteiger partial charge in [0.15, 0.2) is 17.5 Å². The zero-order valence-electron chi connectivity index (χ0n) is 9.11. The molecule has 0 radical (unpaired) electrons. The fraction of sp³-hybridized carbons (Fsp3) is 0. The number of hydrogen-bond acceptors (Lipinski definition) is 4. The number of nitrogens with one attached hydrogen (secondary N) is 1. The number of anilines is 3. The van der Waals surface area contributed by atoms with E-state index in [-0.39, 0.29) is 22.8 Å². The Kier molecular flexibility index (Phi) is 3.06. The lowest BCUT2D eigenvalue weighted by atomic mass is 10.2. The average Bonchev–Trinajstić information content (AvgIpc) is 2.37. The molecule has 0 atom stereocenters. The Bertz CT molecular complexity index is 634. The van der Waals surface area contributed by atoms with Crippen molar-refractivity contribution in [2.75, 3.05) is 11.1 Å². The average molecular weight is 246 g/mol. The van der Waals surface area contributed by atoms with Crippen LogP contribution in [0, 0.1) is 23.0 Å². The van der Waals surface area contributed by atoms with Gasteiger partial charge >= 0.3 is 0 Å². The van der Waals surface area contributed by atoms with Crippen LogP contribution in [0.3, 0.4) is 0 Å². The summed E-state index contributed by atoms with van der Waals surface area (Å²) in [7, 11) is 0. The zero-order chi connectivity index (χ0) is 13.1. The molecule has 0 saturated carbocycles. The van der Waals surface area contributed by atoms with E-state index in [0.29, 0.717) is 0 Å². The van der Waals surface area contributed by atoms with Gasteiger partial charge in [0.1, 0.15) is 6.07 Å². The summed E-state index contributed by atoms with van der Waals surface area (Å²) in [6.45, 7) is 0. The molecule has 0 bridgehead atoms. The van der Waals surface area contributed by atoms with Crippen LogP contribution >= 0.6 is 0 Å². The van der Waals surface area contributed by atoms with E-state index >= 15 is 0 Å². The molecule has 0 spiro atoms. The molecule has 90 valence electrons. The molecule has 0 unspecified atom stereocenters. The summed E-state index contributed by atoms with van der Waals surface area (Å²) in [5, 5.41) is 11.3. The number of nitrogens with zero attached hydrogens (tertiary/aromatic N) is 2. The van der Waals surface area contributed by atoms with Crippen molar-refractivity contribution < 1.29 is 8.78 Å². The van der Waals surface area contributed by atoms with Crippen LogP contribution in [0.1, 0.15) is 5.56 Å². The number of halogens is 2. The van der Waals surface area contributed by atoms with Gasteiger partial charge in [0, 0.05) is 6.20 Å². The third-order valence-corrected chi connectivity index (χ3v) is 2.32. The van der Waals surface area contributed by atoms with E-state index in [1.165, 1.54) is 24.4 Å². The lowest BCUT2D eigenvalue weighted by molar-refractivity contribution is 0.511. The highest BCUT2D eigenvalue weighted by Gasteiger charge is 2.11. The molecule has 1 heterocycles. The van der Waals surface area contributed by atoms with E-state index in [0.717, 1.165) is 6.07 Å². The number of benzene rings is 1. The van der Waals surface area contributed by atoms with E-state index < -0.39 is 11.6 Å². The van der Waals surface area contributed by atoms with Crippen LogP contribution in [0.2, 0.25) is 0 Å². The molecule has 0 saturated heterocycles. The van der Waals surface area contributed by atoms with Gasteiger partial charge in [-0.25, -0.2) is 13.8 Å². The van der Waals surface area contributed by atoms with Crippen molar-refractivity contribution in [1.29, 1.82) is 5.26 Å². The van der Waals surface area contributed by atoms with Crippen LogP contribution in [-0.4, -0.2) is 4.98 Å². The highest BCUT2D eigenvalue weighted by Crippen LogP contribution is 2.25. The van der Waals surface area contributed by atoms with Crippen LogP contribution < -0.4 is 11.1 Å². The number of pyridine rings is 1. The van der Waals surface area contributed by atoms with E-state index in [9.17, 15) is 8.78 Å². The van der Waals surface area contributed by atoms with Crippen LogP contribution in [0.25, 0.3) is 0 Å². The van der Waals surface area contributed by atoms with E-state index in [2.05, 4.69) is 10.3 Å². The van der Waals surface area contributed by atoms with Crippen LogP contribution in [0.5, 0.6) is 0 Å². The molecule has 4 nitrogen and oxygen atoms in total. The van der Waals surface area contributed by atoms with Crippen molar-refractivity contribution in [2.24, 2.45) is 0 Å². The minimum Gasteiger partial charge on any atom is -0.395 e. The van der Waals surface area contributed by atoms with Gasteiger partial charge in [0.25, 0.3) is 0 Å². The molecular weight excluding hydrogens is 238 g/mol. The Morgan fingerprint density at radius 1 is 1.28 bits per heavy atom. The minimum absolute atomic E-state index is 0.0867. The molecule has 0 aliphatic rings. The summed E-state index contributed by atoms with van der Waals surface area (Å²) in [4.78, 5) is 3.88. The molecule has 2 aromatic rings. The van der Waals surface area contributed by atoms with Crippen LogP contribution in [-0.2, 0) is 0 Å². The van der Waals surface area contributed by atoms with Gasteiger partial charge in [-0.2, -0.15) is 5.26 Å². The third-order valence-electron chi connectivity index (χ3n) is 2.32. The van der Waals surface area contributed by atoms with Gasteiger partial charge in [0.05, 0.1) is 16.9 Å². The lowest BCUT2D eigenvalue weighted by Crippen LogP contribution is -2.03. The van der Waals surface area contributed by atoms with Crippen LogP contribution in [0.15, 0.2) is 30.5 Å². The molecule has 1 aromatic carbocycles. The number of nitriles is 1. The van der Waals surface area contributed by atoms with Gasteiger partial charge in [-0.15, -0.1) is 0 Å². The highest BCUT2D eigenvalue weighted by atomic mass is 19.2. The SMILES string of the molecule is N#Cc1ccnc(Nc2cccc(F)c2F)c1N. The number of nitrogens with two attached hydrogens (primary N) is 1. The Hall–Kier alpha value is -2.68. The molecule has 0 amide bonds. The summed E-state index contributed by atoms with van der Waals surface area (Å²) in [6.07, 6.45) is 1.36. The lowest BCUT2D eigenvalue weighted by Gasteiger charge is -2.09. The predicted molar refractivity (Wildman–Crippen MR) is 63.0 cm³/mol. The summed E-state index contributed by atoms with van der Waals surface area (Å²) in [5.74, 6) is -1.89. The van der Waals surface area contributed by atoms with Crippen molar-refractivity contribution in [3.63, 3.8) is 0 Å². The molecule has 6 heteroatoms. The summed E-state index contributed by atoms with van der Waals surface area (Å²) in [6, 6.07) is 7.01. The fourth-order valence-electron chi connectivity index (χ4n) is 1.40.